The Morgan fingerprint density at radius 3 is 1.42 bits per heavy atom. The Bertz CT molecular complexity index is 361. The highest BCUT2D eigenvalue weighted by atomic mass is 32.2. The summed E-state index contributed by atoms with van der Waals surface area (Å²) in [6.07, 6.45) is 6.36. The molecule has 0 heterocycles. The first-order valence-corrected chi connectivity index (χ1v) is 9.88. The Morgan fingerprint density at radius 1 is 0.769 bits per heavy atom. The molecule has 156 valence electrons. The molecule has 0 spiro atoms. The van der Waals surface area contributed by atoms with E-state index in [4.69, 9.17) is 32.5 Å². The van der Waals surface area contributed by atoms with Crippen molar-refractivity contribution in [3.63, 3.8) is 0 Å². The van der Waals surface area contributed by atoms with Crippen molar-refractivity contribution >= 4 is 29.7 Å². The molecule has 0 amide bonds. The molecular weight excluding hydrogens is 362 g/mol. The third-order valence-corrected chi connectivity index (χ3v) is 3.70. The summed E-state index contributed by atoms with van der Waals surface area (Å²) in [6.45, 7) is 3.91. The lowest BCUT2D eigenvalue weighted by Gasteiger charge is -2.02. The Balaban J connectivity index is -0.000000306. The average molecular weight is 398 g/mol. The third-order valence-electron chi connectivity index (χ3n) is 3.05. The fourth-order valence-electron chi connectivity index (χ4n) is 1.35. The van der Waals surface area contributed by atoms with E-state index in [0.29, 0.717) is 19.3 Å². The second-order valence-corrected chi connectivity index (χ2v) is 6.53. The van der Waals surface area contributed by atoms with Crippen molar-refractivity contribution in [2.75, 3.05) is 12.0 Å². The zero-order chi connectivity index (χ0) is 21.1. The molecule has 3 unspecified atom stereocenters. The molecule has 0 radical (unpaired) electrons. The van der Waals surface area contributed by atoms with Gasteiger partial charge in [-0.15, -0.1) is 0 Å². The molecule has 9 N–H and O–H groups in total. The van der Waals surface area contributed by atoms with Gasteiger partial charge in [-0.1, -0.05) is 33.1 Å². The summed E-state index contributed by atoms with van der Waals surface area (Å²) >= 11 is 1.60. The highest BCUT2D eigenvalue weighted by Crippen LogP contribution is 1.98. The molecule has 0 rings (SSSR count). The van der Waals surface area contributed by atoms with Gasteiger partial charge in [0.15, 0.2) is 0 Å². The molecular formula is C16H35N3O6S. The summed E-state index contributed by atoms with van der Waals surface area (Å²) in [4.78, 5) is 30.1. The van der Waals surface area contributed by atoms with Gasteiger partial charge in [0, 0.05) is 0 Å². The number of nitrogens with two attached hydrogens (primary N) is 3. The maximum Gasteiger partial charge on any atom is 0.320 e. The first-order valence-electron chi connectivity index (χ1n) is 8.49. The maximum absolute atomic E-state index is 10.1. The van der Waals surface area contributed by atoms with Gasteiger partial charge in [-0.05, 0) is 31.3 Å². The van der Waals surface area contributed by atoms with Gasteiger partial charge in [-0.2, -0.15) is 11.8 Å². The summed E-state index contributed by atoms with van der Waals surface area (Å²) in [5.74, 6) is -1.91. The summed E-state index contributed by atoms with van der Waals surface area (Å²) in [5.41, 5.74) is 15.5. The van der Waals surface area contributed by atoms with Gasteiger partial charge >= 0.3 is 17.9 Å². The van der Waals surface area contributed by atoms with Crippen LogP contribution >= 0.6 is 11.8 Å². The fraction of sp³-hybridized carbons (Fsp3) is 0.812. The Kier molecular flexibility index (Phi) is 22.6. The molecule has 0 aliphatic heterocycles. The van der Waals surface area contributed by atoms with Crippen LogP contribution in [0.1, 0.15) is 52.4 Å². The Hall–Kier alpha value is -1.36. The van der Waals surface area contributed by atoms with Crippen molar-refractivity contribution in [3.8, 4) is 0 Å². The Morgan fingerprint density at radius 2 is 1.15 bits per heavy atom. The average Bonchev–Trinajstić information content (AvgIpc) is 2.58. The number of rotatable bonds is 11. The minimum absolute atomic E-state index is 0.552. The first-order chi connectivity index (χ1) is 12.0. The van der Waals surface area contributed by atoms with E-state index in [1.165, 1.54) is 0 Å². The minimum Gasteiger partial charge on any atom is -0.480 e. The number of hydrogen-bond acceptors (Lipinski definition) is 7. The summed E-state index contributed by atoms with van der Waals surface area (Å²) in [6, 6.07) is -2.01. The van der Waals surface area contributed by atoms with Crippen LogP contribution in [-0.4, -0.2) is 63.4 Å². The van der Waals surface area contributed by atoms with E-state index in [1.807, 2.05) is 20.1 Å². The van der Waals surface area contributed by atoms with Crippen molar-refractivity contribution < 1.29 is 29.7 Å². The van der Waals surface area contributed by atoms with E-state index in [-0.39, 0.29) is 0 Å². The van der Waals surface area contributed by atoms with Gasteiger partial charge in [0.05, 0.1) is 0 Å². The molecule has 9 nitrogen and oxygen atoms in total. The molecule has 0 fully saturated rings. The number of hydrogen-bond donors (Lipinski definition) is 6. The van der Waals surface area contributed by atoms with Gasteiger partial charge in [-0.3, -0.25) is 14.4 Å². The molecule has 3 atom stereocenters. The largest absolute Gasteiger partial charge is 0.480 e. The molecule has 0 bridgehead atoms. The third kappa shape index (κ3) is 22.6. The van der Waals surface area contributed by atoms with Crippen molar-refractivity contribution in [1.82, 2.24) is 0 Å². The van der Waals surface area contributed by atoms with Gasteiger partial charge in [-0.25, -0.2) is 0 Å². The van der Waals surface area contributed by atoms with Crippen LogP contribution in [0.2, 0.25) is 0 Å². The maximum atomic E-state index is 10.1. The molecule has 0 aliphatic carbocycles. The molecule has 0 aromatic carbocycles. The lowest BCUT2D eigenvalue weighted by Crippen LogP contribution is -2.30. The normalized spacial score (nSPS) is 13.2. The van der Waals surface area contributed by atoms with Crippen LogP contribution in [0.4, 0.5) is 0 Å². The predicted molar refractivity (Wildman–Crippen MR) is 104 cm³/mol. The van der Waals surface area contributed by atoms with E-state index in [2.05, 4.69) is 0 Å². The number of aliphatic carboxylic acids is 3. The smallest absolute Gasteiger partial charge is 0.320 e. The van der Waals surface area contributed by atoms with E-state index < -0.39 is 36.0 Å². The monoisotopic (exact) mass is 397 g/mol. The number of carboxylic acids is 3. The lowest BCUT2D eigenvalue weighted by molar-refractivity contribution is -0.139. The van der Waals surface area contributed by atoms with Gasteiger partial charge < -0.3 is 32.5 Å². The van der Waals surface area contributed by atoms with Gasteiger partial charge in [0.1, 0.15) is 18.1 Å². The number of unbranched alkanes of at least 4 members (excludes halogenated alkanes) is 1. The number of carbonyl (C=O) groups is 3. The van der Waals surface area contributed by atoms with E-state index in [0.717, 1.165) is 25.0 Å². The molecule has 10 heteroatoms. The van der Waals surface area contributed by atoms with Crippen LogP contribution < -0.4 is 17.2 Å². The van der Waals surface area contributed by atoms with Crippen molar-refractivity contribution in [3.05, 3.63) is 0 Å². The van der Waals surface area contributed by atoms with E-state index in [1.54, 1.807) is 11.8 Å². The number of carboxylic acid groups (broad SMARTS) is 3. The van der Waals surface area contributed by atoms with Crippen LogP contribution in [0.25, 0.3) is 0 Å². The SMILES string of the molecule is CCCC(N)C(=O)O.CCCCC(N)C(=O)O.CSCCC(N)C(=O)O. The van der Waals surface area contributed by atoms with E-state index >= 15 is 0 Å². The molecule has 0 aromatic heterocycles. The number of thioether (sulfide) groups is 1. The van der Waals surface area contributed by atoms with Crippen LogP contribution in [0.3, 0.4) is 0 Å². The van der Waals surface area contributed by atoms with E-state index in [9.17, 15) is 14.4 Å². The van der Waals surface area contributed by atoms with Crippen molar-refractivity contribution in [1.29, 1.82) is 0 Å². The van der Waals surface area contributed by atoms with Crippen molar-refractivity contribution in [2.24, 2.45) is 17.2 Å². The molecule has 0 aromatic rings. The fourth-order valence-corrected chi connectivity index (χ4v) is 1.84. The van der Waals surface area contributed by atoms with Gasteiger partial charge in [0.2, 0.25) is 0 Å². The van der Waals surface area contributed by atoms with Crippen LogP contribution in [0, 0.1) is 0 Å². The topological polar surface area (TPSA) is 190 Å². The quantitative estimate of drug-likeness (QED) is 0.292. The van der Waals surface area contributed by atoms with Crippen molar-refractivity contribution in [2.45, 2.75) is 70.5 Å². The Labute approximate surface area is 159 Å². The first kappa shape index (κ1) is 29.4. The molecule has 0 aliphatic rings. The van der Waals surface area contributed by atoms with Crippen LogP contribution in [0.5, 0.6) is 0 Å². The van der Waals surface area contributed by atoms with Crippen LogP contribution in [0.15, 0.2) is 0 Å². The summed E-state index contributed by atoms with van der Waals surface area (Å²) in [7, 11) is 0. The lowest BCUT2D eigenvalue weighted by atomic mass is 10.1. The summed E-state index contributed by atoms with van der Waals surface area (Å²) < 4.78 is 0. The predicted octanol–water partition coefficient (Wildman–Crippen LogP) is 0.938. The highest BCUT2D eigenvalue weighted by Gasteiger charge is 2.09. The molecule has 0 saturated carbocycles. The standard InChI is InChI=1S/C6H13NO2.C5H11NO2S.C5H11NO2/c1-2-3-4-5(7)6(8)9;1-9-3-2-4(6)5(7)8;1-2-3-4(6)5(7)8/h5H,2-4,7H2,1H3,(H,8,9);4H,2-3,6H2,1H3,(H,7,8);4H,2-3,6H2,1H3,(H,7,8). The molecule has 0 saturated heterocycles. The highest BCUT2D eigenvalue weighted by molar-refractivity contribution is 7.98. The minimum atomic E-state index is -0.913. The zero-order valence-electron chi connectivity index (χ0n) is 15.9. The van der Waals surface area contributed by atoms with Gasteiger partial charge in [0.25, 0.3) is 0 Å². The summed E-state index contributed by atoms with van der Waals surface area (Å²) in [5, 5.41) is 24.7. The second kappa shape index (κ2) is 20.0. The molecule has 26 heavy (non-hydrogen) atoms. The zero-order valence-corrected chi connectivity index (χ0v) is 16.7. The second-order valence-electron chi connectivity index (χ2n) is 5.55. The van der Waals surface area contributed by atoms with Crippen LogP contribution in [-0.2, 0) is 14.4 Å².